The number of aromatic nitrogens is 1. The van der Waals surface area contributed by atoms with Gasteiger partial charge in [-0.25, -0.2) is 4.98 Å². The van der Waals surface area contributed by atoms with E-state index in [4.69, 9.17) is 15.2 Å². The fraction of sp³-hybridized carbons (Fsp3) is 0.200. The average molecular weight is 301 g/mol. The summed E-state index contributed by atoms with van der Waals surface area (Å²) in [7, 11) is 1.59. The Kier molecular flexibility index (Phi) is 3.66. The van der Waals surface area contributed by atoms with Crippen molar-refractivity contribution in [3.8, 4) is 17.2 Å². The number of carbonyl (C=O) groups excluding carboxylic acids is 1. The van der Waals surface area contributed by atoms with Gasteiger partial charge in [-0.15, -0.1) is 0 Å². The van der Waals surface area contributed by atoms with Gasteiger partial charge in [0.25, 0.3) is 5.91 Å². The molecule has 0 radical (unpaired) electrons. The van der Waals surface area contributed by atoms with Crippen LogP contribution in [-0.2, 0) is 11.2 Å². The summed E-state index contributed by atoms with van der Waals surface area (Å²) in [5, 5.41) is 10.2. The highest BCUT2D eigenvalue weighted by Crippen LogP contribution is 2.30. The van der Waals surface area contributed by atoms with Gasteiger partial charge < -0.3 is 15.2 Å². The Morgan fingerprint density at radius 1 is 1.27 bits per heavy atom. The van der Waals surface area contributed by atoms with Gasteiger partial charge in [0, 0.05) is 12.0 Å². The lowest BCUT2D eigenvalue weighted by molar-refractivity contribution is -0.125. The number of ether oxygens (including phenoxy) is 2. The van der Waals surface area contributed by atoms with Crippen molar-refractivity contribution in [3.63, 3.8) is 0 Å². The molecule has 1 aliphatic heterocycles. The van der Waals surface area contributed by atoms with E-state index in [1.807, 2.05) is 0 Å². The number of hydroxylamine groups is 1. The first-order chi connectivity index (χ1) is 10.6. The average Bonchev–Trinajstić information content (AvgIpc) is 2.53. The second-order valence-electron chi connectivity index (χ2n) is 4.89. The molecule has 3 rings (SSSR count). The highest BCUT2D eigenvalue weighted by Gasteiger charge is 2.31. The van der Waals surface area contributed by atoms with Crippen molar-refractivity contribution < 1.29 is 19.5 Å². The maximum absolute atomic E-state index is 11.6. The lowest BCUT2D eigenvalue weighted by Gasteiger charge is -2.26. The molecule has 1 amide bonds. The van der Waals surface area contributed by atoms with Crippen LogP contribution in [0.3, 0.4) is 0 Å². The molecule has 0 fully saturated rings. The van der Waals surface area contributed by atoms with Crippen molar-refractivity contribution in [2.75, 3.05) is 12.2 Å². The van der Waals surface area contributed by atoms with Crippen molar-refractivity contribution >= 4 is 11.7 Å². The van der Waals surface area contributed by atoms with Crippen LogP contribution in [0.5, 0.6) is 17.2 Å². The molecule has 7 nitrogen and oxygen atoms in total. The second-order valence-corrected chi connectivity index (χ2v) is 4.89. The number of hydrogen-bond acceptors (Lipinski definition) is 6. The Bertz CT molecular complexity index is 702. The molecule has 0 spiro atoms. The number of fused-ring (bicyclic) bond motifs is 1. The van der Waals surface area contributed by atoms with Crippen LogP contribution in [0.1, 0.15) is 5.56 Å². The largest absolute Gasteiger partial charge is 0.497 e. The molecule has 1 aromatic carbocycles. The summed E-state index contributed by atoms with van der Waals surface area (Å²) in [5.74, 6) is 1.48. The molecule has 7 heteroatoms. The Labute approximate surface area is 126 Å². The summed E-state index contributed by atoms with van der Waals surface area (Å²) in [6, 6.07) is 8.03. The molecule has 22 heavy (non-hydrogen) atoms. The highest BCUT2D eigenvalue weighted by atomic mass is 16.5. The first-order valence-corrected chi connectivity index (χ1v) is 6.67. The van der Waals surface area contributed by atoms with Crippen LogP contribution < -0.4 is 20.3 Å². The minimum absolute atomic E-state index is 0.189. The fourth-order valence-corrected chi connectivity index (χ4v) is 2.24. The van der Waals surface area contributed by atoms with Crippen molar-refractivity contribution in [2.24, 2.45) is 5.73 Å². The lowest BCUT2D eigenvalue weighted by atomic mass is 10.0. The van der Waals surface area contributed by atoms with Gasteiger partial charge in [-0.1, -0.05) is 0 Å². The van der Waals surface area contributed by atoms with Gasteiger partial charge in [0.1, 0.15) is 17.2 Å². The molecule has 114 valence electrons. The quantitative estimate of drug-likeness (QED) is 0.833. The normalized spacial score (nSPS) is 17.1. The highest BCUT2D eigenvalue weighted by molar-refractivity contribution is 5.97. The molecule has 0 saturated heterocycles. The number of benzene rings is 1. The van der Waals surface area contributed by atoms with E-state index in [1.165, 1.54) is 6.20 Å². The third-order valence-electron chi connectivity index (χ3n) is 3.38. The number of hydrogen-bond donors (Lipinski definition) is 2. The summed E-state index contributed by atoms with van der Waals surface area (Å²) in [6.45, 7) is 0. The summed E-state index contributed by atoms with van der Waals surface area (Å²) >= 11 is 0. The van der Waals surface area contributed by atoms with Gasteiger partial charge in [0.2, 0.25) is 0 Å². The molecule has 1 atom stereocenters. The summed E-state index contributed by atoms with van der Waals surface area (Å²) in [5.41, 5.74) is 6.34. The van der Waals surface area contributed by atoms with Crippen LogP contribution >= 0.6 is 0 Å². The van der Waals surface area contributed by atoms with Gasteiger partial charge in [-0.2, -0.15) is 5.06 Å². The monoisotopic (exact) mass is 301 g/mol. The maximum Gasteiger partial charge on any atom is 0.269 e. The lowest BCUT2D eigenvalue weighted by Crippen LogP contribution is -2.47. The van der Waals surface area contributed by atoms with Gasteiger partial charge >= 0.3 is 0 Å². The predicted molar refractivity (Wildman–Crippen MR) is 78.3 cm³/mol. The first kappa shape index (κ1) is 14.3. The number of anilines is 1. The molecule has 1 aromatic heterocycles. The Balaban J connectivity index is 1.84. The van der Waals surface area contributed by atoms with Crippen LogP contribution in [0.25, 0.3) is 0 Å². The molecule has 0 bridgehead atoms. The molecule has 1 aliphatic rings. The number of nitrogens with zero attached hydrogens (tertiary/aromatic N) is 2. The van der Waals surface area contributed by atoms with Crippen LogP contribution in [0, 0.1) is 0 Å². The molecule has 0 unspecified atom stereocenters. The maximum atomic E-state index is 11.6. The minimum atomic E-state index is -0.782. The molecule has 2 aromatic rings. The van der Waals surface area contributed by atoms with Crippen LogP contribution in [0.4, 0.5) is 5.82 Å². The fourth-order valence-electron chi connectivity index (χ4n) is 2.24. The van der Waals surface area contributed by atoms with E-state index in [-0.39, 0.29) is 5.82 Å². The zero-order valence-electron chi connectivity index (χ0n) is 11.9. The van der Waals surface area contributed by atoms with Crippen molar-refractivity contribution in [3.05, 3.63) is 42.1 Å². The number of carbonyl (C=O) groups is 1. The number of amides is 1. The van der Waals surface area contributed by atoms with E-state index in [1.54, 1.807) is 37.4 Å². The van der Waals surface area contributed by atoms with E-state index in [0.717, 1.165) is 5.75 Å². The summed E-state index contributed by atoms with van der Waals surface area (Å²) in [6.07, 6.45) is 1.74. The van der Waals surface area contributed by atoms with Gasteiger partial charge in [-0.05, 0) is 30.3 Å². The number of pyridine rings is 1. The zero-order chi connectivity index (χ0) is 15.7. The second kappa shape index (κ2) is 5.63. The molecule has 0 aliphatic carbocycles. The smallest absolute Gasteiger partial charge is 0.269 e. The summed E-state index contributed by atoms with van der Waals surface area (Å²) < 4.78 is 10.8. The number of rotatable bonds is 3. The van der Waals surface area contributed by atoms with E-state index in [9.17, 15) is 10.0 Å². The molecular formula is C15H15N3O4. The zero-order valence-corrected chi connectivity index (χ0v) is 11.9. The van der Waals surface area contributed by atoms with Gasteiger partial charge in [0.05, 0.1) is 19.3 Å². The van der Waals surface area contributed by atoms with E-state index >= 15 is 0 Å². The summed E-state index contributed by atoms with van der Waals surface area (Å²) in [4.78, 5) is 15.7. The van der Waals surface area contributed by atoms with E-state index in [2.05, 4.69) is 4.98 Å². The van der Waals surface area contributed by atoms with Crippen molar-refractivity contribution in [1.82, 2.24) is 4.98 Å². The van der Waals surface area contributed by atoms with Gasteiger partial charge in [0.15, 0.2) is 5.82 Å². The SMILES string of the molecule is COc1ccc(Oc2cnc3c(c2)C[C@H](N)C(=O)N3O)cc1. The van der Waals surface area contributed by atoms with Crippen LogP contribution in [-0.4, -0.2) is 29.3 Å². The molecule has 3 N–H and O–H groups in total. The molecule has 0 saturated carbocycles. The minimum Gasteiger partial charge on any atom is -0.497 e. The third kappa shape index (κ3) is 2.59. The van der Waals surface area contributed by atoms with Crippen LogP contribution in [0.2, 0.25) is 0 Å². The van der Waals surface area contributed by atoms with Gasteiger partial charge in [-0.3, -0.25) is 10.0 Å². The van der Waals surface area contributed by atoms with E-state index < -0.39 is 11.9 Å². The first-order valence-electron chi connectivity index (χ1n) is 6.67. The molecular weight excluding hydrogens is 286 g/mol. The third-order valence-corrected chi connectivity index (χ3v) is 3.38. The Hall–Kier alpha value is -2.64. The van der Waals surface area contributed by atoms with Crippen molar-refractivity contribution in [1.29, 1.82) is 0 Å². The molecule has 2 heterocycles. The van der Waals surface area contributed by atoms with E-state index in [0.29, 0.717) is 28.5 Å². The number of methoxy groups -OCH3 is 1. The Morgan fingerprint density at radius 2 is 1.95 bits per heavy atom. The Morgan fingerprint density at radius 3 is 2.64 bits per heavy atom. The number of nitrogens with two attached hydrogens (primary N) is 1. The van der Waals surface area contributed by atoms with Crippen molar-refractivity contribution in [2.45, 2.75) is 12.5 Å². The van der Waals surface area contributed by atoms with Crippen LogP contribution in [0.15, 0.2) is 36.5 Å². The predicted octanol–water partition coefficient (Wildman–Crippen LogP) is 1.49. The standard InChI is InChI=1S/C15H15N3O4/c1-21-10-2-4-11(5-3-10)22-12-6-9-7-13(16)15(19)18(20)14(9)17-8-12/h2-6,8,13,20H,7,16H2,1H3/t13-/m0/s1. The topological polar surface area (TPSA) is 97.9 Å².